The number of piperidine rings is 1. The fraction of sp³-hybridized carbons (Fsp3) is 0.333. The van der Waals surface area contributed by atoms with Crippen molar-refractivity contribution in [3.63, 3.8) is 0 Å². The molecule has 2 amide bonds. The number of ether oxygens (including phenoxy) is 5. The normalized spacial score (nSPS) is 18.6. The minimum Gasteiger partial charge on any atom is -0.489 e. The standard InChI is InChI=1S/C42H44N2O9/c1-42(2,3)53-41(48)44-21-34-26-49-27-35(22-44)38(34)52-40(47)43-37(31-11-5-4-6-12-31)33-13-8-14-36(20-33)50-24-28-15-17-32(18-16-28)39(46)51-25-30-10-7-9-29(19-30)23-45/h4-20,23,34-35,37-38H,21-22,24-27H2,1-3H3,(H,43,47). The molecular formula is C42H44N2O9. The van der Waals surface area contributed by atoms with Gasteiger partial charge in [0.05, 0.1) is 24.8 Å². The number of aldehydes is 1. The Hall–Kier alpha value is -5.68. The molecule has 4 aromatic carbocycles. The molecule has 2 aliphatic rings. The first-order chi connectivity index (χ1) is 25.5. The highest BCUT2D eigenvalue weighted by atomic mass is 16.6. The second-order valence-corrected chi connectivity index (χ2v) is 14.3. The first-order valence-electron chi connectivity index (χ1n) is 17.7. The second kappa shape index (κ2) is 16.8. The Kier molecular flexibility index (Phi) is 11.7. The molecule has 2 bridgehead atoms. The highest BCUT2D eigenvalue weighted by molar-refractivity contribution is 5.89. The molecular weight excluding hydrogens is 676 g/mol. The first-order valence-corrected chi connectivity index (χ1v) is 17.7. The third kappa shape index (κ3) is 10.0. The van der Waals surface area contributed by atoms with Crippen LogP contribution in [0.5, 0.6) is 5.75 Å². The summed E-state index contributed by atoms with van der Waals surface area (Å²) < 4.78 is 29.0. The zero-order chi connectivity index (χ0) is 37.4. The molecule has 2 saturated heterocycles. The topological polar surface area (TPSA) is 130 Å². The first kappa shape index (κ1) is 37.1. The van der Waals surface area contributed by atoms with Crippen LogP contribution >= 0.6 is 0 Å². The summed E-state index contributed by atoms with van der Waals surface area (Å²) in [5, 5.41) is 3.07. The van der Waals surface area contributed by atoms with E-state index in [9.17, 15) is 19.2 Å². The van der Waals surface area contributed by atoms with Crippen molar-refractivity contribution < 1.29 is 42.9 Å². The lowest BCUT2D eigenvalue weighted by Gasteiger charge is -2.46. The molecule has 0 aliphatic carbocycles. The van der Waals surface area contributed by atoms with Gasteiger partial charge in [-0.15, -0.1) is 0 Å². The number of likely N-dealkylation sites (tertiary alicyclic amines) is 1. The van der Waals surface area contributed by atoms with E-state index in [4.69, 9.17) is 23.7 Å². The van der Waals surface area contributed by atoms with E-state index in [2.05, 4.69) is 5.32 Å². The number of alkyl carbamates (subject to hydrolysis) is 1. The summed E-state index contributed by atoms with van der Waals surface area (Å²) in [6.07, 6.45) is -0.606. The van der Waals surface area contributed by atoms with Crippen LogP contribution in [0.3, 0.4) is 0 Å². The predicted octanol–water partition coefficient (Wildman–Crippen LogP) is 7.13. The molecule has 6 rings (SSSR count). The summed E-state index contributed by atoms with van der Waals surface area (Å²) in [5.74, 6) is -0.234. The van der Waals surface area contributed by atoms with E-state index in [1.54, 1.807) is 53.4 Å². The molecule has 0 spiro atoms. The van der Waals surface area contributed by atoms with Gasteiger partial charge in [0.25, 0.3) is 0 Å². The molecule has 2 fully saturated rings. The predicted molar refractivity (Wildman–Crippen MR) is 195 cm³/mol. The fourth-order valence-electron chi connectivity index (χ4n) is 6.52. The van der Waals surface area contributed by atoms with Crippen LogP contribution in [0, 0.1) is 11.8 Å². The van der Waals surface area contributed by atoms with Crippen LogP contribution in [0.2, 0.25) is 0 Å². The van der Waals surface area contributed by atoms with Crippen LogP contribution in [0.25, 0.3) is 0 Å². The number of carbonyl (C=O) groups is 4. The van der Waals surface area contributed by atoms with E-state index >= 15 is 0 Å². The smallest absolute Gasteiger partial charge is 0.410 e. The van der Waals surface area contributed by atoms with Gasteiger partial charge < -0.3 is 33.9 Å². The van der Waals surface area contributed by atoms with Crippen LogP contribution in [0.4, 0.5) is 9.59 Å². The number of hydrogen-bond acceptors (Lipinski definition) is 9. The van der Waals surface area contributed by atoms with Crippen molar-refractivity contribution in [1.82, 2.24) is 10.2 Å². The second-order valence-electron chi connectivity index (χ2n) is 14.3. The van der Waals surface area contributed by atoms with Crippen LogP contribution in [0.15, 0.2) is 103 Å². The molecule has 53 heavy (non-hydrogen) atoms. The lowest BCUT2D eigenvalue weighted by Crippen LogP contribution is -2.59. The minimum atomic E-state index is -0.608. The number of amides is 2. The van der Waals surface area contributed by atoms with Gasteiger partial charge in [-0.25, -0.2) is 14.4 Å². The zero-order valence-electron chi connectivity index (χ0n) is 30.1. The number of nitrogens with one attached hydrogen (secondary N) is 1. The van der Waals surface area contributed by atoms with Crippen LogP contribution in [-0.2, 0) is 32.2 Å². The molecule has 3 unspecified atom stereocenters. The Bertz CT molecular complexity index is 1880. The summed E-state index contributed by atoms with van der Waals surface area (Å²) in [6.45, 7) is 7.30. The van der Waals surface area contributed by atoms with E-state index in [0.29, 0.717) is 43.2 Å². The van der Waals surface area contributed by atoms with Gasteiger partial charge in [0.15, 0.2) is 0 Å². The maximum Gasteiger partial charge on any atom is 0.410 e. The lowest BCUT2D eigenvalue weighted by molar-refractivity contribution is -0.124. The van der Waals surface area contributed by atoms with Gasteiger partial charge in [-0.3, -0.25) is 4.79 Å². The quantitative estimate of drug-likeness (QED) is 0.0977. The maximum atomic E-state index is 13.6. The highest BCUT2D eigenvalue weighted by Crippen LogP contribution is 2.32. The van der Waals surface area contributed by atoms with Gasteiger partial charge in [0, 0.05) is 30.5 Å². The molecule has 1 N–H and O–H groups in total. The lowest BCUT2D eigenvalue weighted by atomic mass is 9.85. The summed E-state index contributed by atoms with van der Waals surface area (Å²) in [4.78, 5) is 51.7. The molecule has 2 heterocycles. The van der Waals surface area contributed by atoms with Crippen molar-refractivity contribution in [2.75, 3.05) is 26.3 Å². The third-order valence-electron chi connectivity index (χ3n) is 9.04. The van der Waals surface area contributed by atoms with Gasteiger partial charge in [0.1, 0.15) is 37.0 Å². The SMILES string of the molecule is CC(C)(C)OC(=O)N1CC2COCC(C1)C2OC(=O)NC(c1ccccc1)c1cccc(OCc2ccc(C(=O)OCc3cccc(C=O)c3)cc2)c1. The van der Waals surface area contributed by atoms with E-state index < -0.39 is 29.8 Å². The third-order valence-corrected chi connectivity index (χ3v) is 9.04. The highest BCUT2D eigenvalue weighted by Gasteiger charge is 2.45. The maximum absolute atomic E-state index is 13.6. The number of rotatable bonds is 11. The number of fused-ring (bicyclic) bond motifs is 2. The Morgan fingerprint density at radius 3 is 2.23 bits per heavy atom. The molecule has 0 saturated carbocycles. The molecule has 11 nitrogen and oxygen atoms in total. The van der Waals surface area contributed by atoms with Crippen molar-refractivity contribution in [3.05, 3.63) is 137 Å². The van der Waals surface area contributed by atoms with Gasteiger partial charge in [-0.2, -0.15) is 0 Å². The minimum absolute atomic E-state index is 0.0590. The van der Waals surface area contributed by atoms with Gasteiger partial charge in [-0.1, -0.05) is 72.8 Å². The van der Waals surface area contributed by atoms with Crippen LogP contribution in [0.1, 0.15) is 69.8 Å². The van der Waals surface area contributed by atoms with Gasteiger partial charge in [0.2, 0.25) is 0 Å². The van der Waals surface area contributed by atoms with E-state index in [0.717, 1.165) is 28.5 Å². The number of benzene rings is 4. The molecule has 11 heteroatoms. The molecule has 2 aliphatic heterocycles. The largest absolute Gasteiger partial charge is 0.489 e. The number of esters is 1. The Morgan fingerprint density at radius 1 is 0.830 bits per heavy atom. The fourth-order valence-corrected chi connectivity index (χ4v) is 6.52. The van der Waals surface area contributed by atoms with Crippen molar-refractivity contribution in [3.8, 4) is 5.75 Å². The molecule has 4 aromatic rings. The Morgan fingerprint density at radius 2 is 1.53 bits per heavy atom. The van der Waals surface area contributed by atoms with Crippen LogP contribution in [-0.4, -0.2) is 67.4 Å². The van der Waals surface area contributed by atoms with Gasteiger partial charge in [-0.05, 0) is 73.4 Å². The summed E-state index contributed by atoms with van der Waals surface area (Å²) in [5.41, 5.74) is 3.55. The van der Waals surface area contributed by atoms with Crippen molar-refractivity contribution in [1.29, 1.82) is 0 Å². The summed E-state index contributed by atoms with van der Waals surface area (Å²) in [7, 11) is 0. The molecule has 3 atom stereocenters. The van der Waals surface area contributed by atoms with Crippen molar-refractivity contribution >= 4 is 24.4 Å². The average Bonchev–Trinajstić information content (AvgIpc) is 3.15. The van der Waals surface area contributed by atoms with Crippen LogP contribution < -0.4 is 10.1 Å². The molecule has 0 aromatic heterocycles. The van der Waals surface area contributed by atoms with Gasteiger partial charge >= 0.3 is 18.2 Å². The Balaban J connectivity index is 1.07. The Labute approximate surface area is 309 Å². The monoisotopic (exact) mass is 720 g/mol. The van der Waals surface area contributed by atoms with Crippen molar-refractivity contribution in [2.24, 2.45) is 11.8 Å². The van der Waals surface area contributed by atoms with E-state index in [1.165, 1.54) is 0 Å². The summed E-state index contributed by atoms with van der Waals surface area (Å²) in [6, 6.07) is 30.5. The van der Waals surface area contributed by atoms with E-state index in [1.807, 2.05) is 75.4 Å². The average molecular weight is 721 g/mol. The molecule has 0 radical (unpaired) electrons. The number of hydrogen-bond donors (Lipinski definition) is 1. The van der Waals surface area contributed by atoms with E-state index in [-0.39, 0.29) is 31.1 Å². The van der Waals surface area contributed by atoms with Crippen molar-refractivity contribution in [2.45, 2.75) is 51.7 Å². The zero-order valence-corrected chi connectivity index (χ0v) is 30.1. The molecule has 276 valence electrons. The number of nitrogens with zero attached hydrogens (tertiary/aromatic N) is 1. The summed E-state index contributed by atoms with van der Waals surface area (Å²) >= 11 is 0. The number of carbonyl (C=O) groups excluding carboxylic acids is 4.